The van der Waals surface area contributed by atoms with Gasteiger partial charge in [0.2, 0.25) is 5.91 Å². The number of rotatable bonds is 7. The second-order valence-corrected chi connectivity index (χ2v) is 6.37. The van der Waals surface area contributed by atoms with Crippen molar-refractivity contribution in [3.63, 3.8) is 0 Å². The van der Waals surface area contributed by atoms with E-state index in [9.17, 15) is 9.59 Å². The molecule has 24 heavy (non-hydrogen) atoms. The van der Waals surface area contributed by atoms with Crippen LogP contribution in [0.15, 0.2) is 47.4 Å². The van der Waals surface area contributed by atoms with Gasteiger partial charge < -0.3 is 15.8 Å². The van der Waals surface area contributed by atoms with Crippen molar-refractivity contribution in [1.29, 1.82) is 0 Å². The molecule has 2 aromatic rings. The molecule has 0 aliphatic rings. The zero-order valence-electron chi connectivity index (χ0n) is 13.7. The molecule has 2 amide bonds. The van der Waals surface area contributed by atoms with Gasteiger partial charge in [-0.3, -0.25) is 9.59 Å². The van der Waals surface area contributed by atoms with Crippen molar-refractivity contribution in [2.24, 2.45) is 5.73 Å². The summed E-state index contributed by atoms with van der Waals surface area (Å²) in [6.07, 6.45) is 0. The maximum atomic E-state index is 12.1. The predicted molar refractivity (Wildman–Crippen MR) is 96.4 cm³/mol. The molecule has 0 bridgehead atoms. The van der Waals surface area contributed by atoms with Crippen LogP contribution in [0, 0.1) is 13.8 Å². The highest BCUT2D eigenvalue weighted by molar-refractivity contribution is 8.00. The van der Waals surface area contributed by atoms with Gasteiger partial charge in [-0.05, 0) is 43.2 Å². The molecule has 0 unspecified atom stereocenters. The summed E-state index contributed by atoms with van der Waals surface area (Å²) in [5.41, 5.74) is 7.85. The number of primary amides is 1. The molecule has 2 rings (SSSR count). The molecule has 0 saturated heterocycles. The summed E-state index contributed by atoms with van der Waals surface area (Å²) in [5, 5.41) is 2.80. The molecule has 126 valence electrons. The smallest absolute Gasteiger partial charge is 0.262 e. The Bertz CT molecular complexity index is 747. The van der Waals surface area contributed by atoms with E-state index in [0.29, 0.717) is 11.4 Å². The van der Waals surface area contributed by atoms with Crippen LogP contribution in [0.5, 0.6) is 5.75 Å². The Morgan fingerprint density at radius 2 is 1.92 bits per heavy atom. The number of anilines is 1. The molecule has 0 atom stereocenters. The van der Waals surface area contributed by atoms with E-state index in [-0.39, 0.29) is 18.3 Å². The van der Waals surface area contributed by atoms with Gasteiger partial charge in [0.1, 0.15) is 5.75 Å². The third kappa shape index (κ3) is 5.31. The van der Waals surface area contributed by atoms with Crippen LogP contribution >= 0.6 is 11.8 Å². The van der Waals surface area contributed by atoms with Gasteiger partial charge in [-0.15, -0.1) is 11.8 Å². The molecule has 5 nitrogen and oxygen atoms in total. The van der Waals surface area contributed by atoms with E-state index in [0.717, 1.165) is 16.0 Å². The number of hydrogen-bond acceptors (Lipinski definition) is 4. The lowest BCUT2D eigenvalue weighted by Crippen LogP contribution is -2.21. The predicted octanol–water partition coefficient (Wildman–Crippen LogP) is 2.90. The van der Waals surface area contributed by atoms with E-state index in [1.165, 1.54) is 11.8 Å². The SMILES string of the molecule is Cc1ccc(C)c(OCC(=O)Nc2ccccc2SCC(N)=O)c1. The molecular weight excluding hydrogens is 324 g/mol. The first kappa shape index (κ1) is 17.9. The van der Waals surface area contributed by atoms with Gasteiger partial charge in [0.15, 0.2) is 6.61 Å². The monoisotopic (exact) mass is 344 g/mol. The number of benzene rings is 2. The number of nitrogens with one attached hydrogen (secondary N) is 1. The first-order valence-electron chi connectivity index (χ1n) is 7.46. The molecule has 3 N–H and O–H groups in total. The van der Waals surface area contributed by atoms with Gasteiger partial charge in [-0.2, -0.15) is 0 Å². The summed E-state index contributed by atoms with van der Waals surface area (Å²) in [5.74, 6) is 0.190. The zero-order valence-corrected chi connectivity index (χ0v) is 14.5. The maximum absolute atomic E-state index is 12.1. The Labute approximate surface area is 145 Å². The third-order valence-electron chi connectivity index (χ3n) is 3.23. The molecule has 0 saturated carbocycles. The van der Waals surface area contributed by atoms with E-state index in [2.05, 4.69) is 5.32 Å². The minimum atomic E-state index is -0.403. The number of carbonyl (C=O) groups is 2. The second kappa shape index (κ2) is 8.40. The van der Waals surface area contributed by atoms with Crippen LogP contribution in [-0.4, -0.2) is 24.2 Å². The normalized spacial score (nSPS) is 10.2. The average molecular weight is 344 g/mol. The number of ether oxygens (including phenoxy) is 1. The number of thioether (sulfide) groups is 1. The topological polar surface area (TPSA) is 81.4 Å². The van der Waals surface area contributed by atoms with Crippen LogP contribution in [0.1, 0.15) is 11.1 Å². The molecular formula is C18H20N2O3S. The summed E-state index contributed by atoms with van der Waals surface area (Å²) in [6, 6.07) is 13.1. The largest absolute Gasteiger partial charge is 0.483 e. The lowest BCUT2D eigenvalue weighted by atomic mass is 10.1. The molecule has 6 heteroatoms. The molecule has 0 fully saturated rings. The van der Waals surface area contributed by atoms with Gasteiger partial charge in [0, 0.05) is 4.90 Å². The fraction of sp³-hybridized carbons (Fsp3) is 0.222. The van der Waals surface area contributed by atoms with Crippen LogP contribution in [0.2, 0.25) is 0 Å². The van der Waals surface area contributed by atoms with Gasteiger partial charge in [0.05, 0.1) is 11.4 Å². The van der Waals surface area contributed by atoms with E-state index in [4.69, 9.17) is 10.5 Å². The Morgan fingerprint density at radius 3 is 2.67 bits per heavy atom. The van der Waals surface area contributed by atoms with Crippen molar-refractivity contribution in [3.05, 3.63) is 53.6 Å². The van der Waals surface area contributed by atoms with Crippen molar-refractivity contribution in [2.75, 3.05) is 17.7 Å². The fourth-order valence-electron chi connectivity index (χ4n) is 2.04. The summed E-state index contributed by atoms with van der Waals surface area (Å²) in [6.45, 7) is 3.82. The number of aryl methyl sites for hydroxylation is 2. The van der Waals surface area contributed by atoms with E-state index in [1.54, 1.807) is 6.07 Å². The van der Waals surface area contributed by atoms with Crippen LogP contribution in [-0.2, 0) is 9.59 Å². The van der Waals surface area contributed by atoms with E-state index < -0.39 is 5.91 Å². The summed E-state index contributed by atoms with van der Waals surface area (Å²) >= 11 is 1.29. The molecule has 0 aliphatic carbocycles. The summed E-state index contributed by atoms with van der Waals surface area (Å²) in [4.78, 5) is 23.8. The van der Waals surface area contributed by atoms with Crippen LogP contribution in [0.3, 0.4) is 0 Å². The van der Waals surface area contributed by atoms with Crippen molar-refractivity contribution in [3.8, 4) is 5.75 Å². The minimum Gasteiger partial charge on any atom is -0.483 e. The highest BCUT2D eigenvalue weighted by Crippen LogP contribution is 2.26. The van der Waals surface area contributed by atoms with Crippen molar-refractivity contribution >= 4 is 29.3 Å². The van der Waals surface area contributed by atoms with E-state index >= 15 is 0 Å². The zero-order chi connectivity index (χ0) is 17.5. The molecule has 0 heterocycles. The lowest BCUT2D eigenvalue weighted by molar-refractivity contribution is -0.118. The maximum Gasteiger partial charge on any atom is 0.262 e. The van der Waals surface area contributed by atoms with Crippen LogP contribution < -0.4 is 15.8 Å². The number of nitrogens with two attached hydrogens (primary N) is 1. The Morgan fingerprint density at radius 1 is 1.17 bits per heavy atom. The van der Waals surface area contributed by atoms with Crippen molar-refractivity contribution in [2.45, 2.75) is 18.7 Å². The molecule has 0 aliphatic heterocycles. The first-order valence-corrected chi connectivity index (χ1v) is 8.44. The minimum absolute atomic E-state index is 0.0842. The van der Waals surface area contributed by atoms with E-state index in [1.807, 2.05) is 50.2 Å². The fourth-order valence-corrected chi connectivity index (χ4v) is 2.78. The second-order valence-electron chi connectivity index (χ2n) is 5.36. The first-order chi connectivity index (χ1) is 11.5. The van der Waals surface area contributed by atoms with Crippen LogP contribution in [0.4, 0.5) is 5.69 Å². The molecule has 0 radical (unpaired) electrons. The quantitative estimate of drug-likeness (QED) is 0.757. The highest BCUT2D eigenvalue weighted by atomic mass is 32.2. The van der Waals surface area contributed by atoms with Gasteiger partial charge in [0.25, 0.3) is 5.91 Å². The molecule has 0 spiro atoms. The van der Waals surface area contributed by atoms with Crippen LogP contribution in [0.25, 0.3) is 0 Å². The standard InChI is InChI=1S/C18H20N2O3S/c1-12-7-8-13(2)15(9-12)23-10-18(22)20-14-5-3-4-6-16(14)24-11-17(19)21/h3-9H,10-11H2,1-2H3,(H2,19,21)(H,20,22). The summed E-state index contributed by atoms with van der Waals surface area (Å²) < 4.78 is 5.60. The highest BCUT2D eigenvalue weighted by Gasteiger charge is 2.09. The average Bonchev–Trinajstić information content (AvgIpc) is 2.55. The van der Waals surface area contributed by atoms with Gasteiger partial charge in [-0.1, -0.05) is 24.3 Å². The van der Waals surface area contributed by atoms with Gasteiger partial charge >= 0.3 is 0 Å². The Hall–Kier alpha value is -2.47. The third-order valence-corrected chi connectivity index (χ3v) is 4.33. The number of para-hydroxylation sites is 1. The van der Waals surface area contributed by atoms with Gasteiger partial charge in [-0.25, -0.2) is 0 Å². The van der Waals surface area contributed by atoms with Crippen molar-refractivity contribution in [1.82, 2.24) is 0 Å². The van der Waals surface area contributed by atoms with Crippen molar-refractivity contribution < 1.29 is 14.3 Å². The lowest BCUT2D eigenvalue weighted by Gasteiger charge is -2.12. The number of amides is 2. The number of hydrogen-bond donors (Lipinski definition) is 2. The Balaban J connectivity index is 1.97. The molecule has 2 aromatic carbocycles. The molecule has 0 aromatic heterocycles. The summed E-state index contributed by atoms with van der Waals surface area (Å²) in [7, 11) is 0. The Kier molecular flexibility index (Phi) is 6.26. The number of carbonyl (C=O) groups excluding carboxylic acids is 2.